The van der Waals surface area contributed by atoms with Crippen LogP contribution in [0.1, 0.15) is 19.2 Å². The molecule has 0 saturated heterocycles. The van der Waals surface area contributed by atoms with Crippen molar-refractivity contribution in [3.63, 3.8) is 0 Å². The molecule has 0 bridgehead atoms. The number of rotatable bonds is 11. The van der Waals surface area contributed by atoms with Crippen LogP contribution in [0, 0.1) is 0 Å². The highest BCUT2D eigenvalue weighted by molar-refractivity contribution is 8.00. The van der Waals surface area contributed by atoms with Gasteiger partial charge in [0, 0.05) is 11.8 Å². The Morgan fingerprint density at radius 1 is 0.974 bits per heavy atom. The third-order valence-electron chi connectivity index (χ3n) is 5.71. The molecule has 4 rings (SSSR count). The van der Waals surface area contributed by atoms with Gasteiger partial charge in [0.1, 0.15) is 17.3 Å². The number of hydrogen-bond acceptors (Lipinski definition) is 8. The van der Waals surface area contributed by atoms with Crippen molar-refractivity contribution in [2.45, 2.75) is 34.4 Å². The number of sulfone groups is 1. The first-order chi connectivity index (χ1) is 18.4. The molecule has 1 aromatic heterocycles. The highest BCUT2D eigenvalue weighted by atomic mass is 32.2. The fraction of sp³-hybridized carbons (Fsp3) is 0.222. The number of carbonyl (C=O) groups is 1. The van der Waals surface area contributed by atoms with Gasteiger partial charge in [-0.1, -0.05) is 55.1 Å². The van der Waals surface area contributed by atoms with E-state index in [1.165, 1.54) is 18.9 Å². The predicted molar refractivity (Wildman–Crippen MR) is 147 cm³/mol. The van der Waals surface area contributed by atoms with Gasteiger partial charge in [0.2, 0.25) is 5.91 Å². The van der Waals surface area contributed by atoms with E-state index in [1.807, 2.05) is 37.3 Å². The van der Waals surface area contributed by atoms with Crippen molar-refractivity contribution in [1.82, 2.24) is 14.8 Å². The van der Waals surface area contributed by atoms with Crippen LogP contribution in [0.25, 0.3) is 5.69 Å². The molecule has 38 heavy (non-hydrogen) atoms. The molecule has 1 unspecified atom stereocenters. The summed E-state index contributed by atoms with van der Waals surface area (Å²) in [6.45, 7) is 1.90. The van der Waals surface area contributed by atoms with E-state index in [0.717, 1.165) is 0 Å². The SMILES string of the molecule is CCC(Sc1nnc(CS(=O)(=O)c2ccccc2)n1-c1ccccc1)C(=O)Nc1ccc(OC)cc1OC. The fourth-order valence-corrected chi connectivity index (χ4v) is 6.01. The fourth-order valence-electron chi connectivity index (χ4n) is 3.75. The van der Waals surface area contributed by atoms with E-state index >= 15 is 0 Å². The lowest BCUT2D eigenvalue weighted by atomic mass is 10.2. The average molecular weight is 553 g/mol. The summed E-state index contributed by atoms with van der Waals surface area (Å²) in [5.74, 6) is 0.746. The molecule has 1 amide bonds. The van der Waals surface area contributed by atoms with E-state index in [1.54, 1.807) is 60.2 Å². The van der Waals surface area contributed by atoms with E-state index in [0.29, 0.717) is 34.5 Å². The summed E-state index contributed by atoms with van der Waals surface area (Å²) in [6, 6.07) is 22.6. The molecule has 0 aliphatic carbocycles. The summed E-state index contributed by atoms with van der Waals surface area (Å²) in [5, 5.41) is 11.3. The van der Waals surface area contributed by atoms with Crippen LogP contribution >= 0.6 is 11.8 Å². The minimum absolute atomic E-state index is 0.205. The molecule has 9 nitrogen and oxygen atoms in total. The second-order valence-corrected chi connectivity index (χ2v) is 11.4. The highest BCUT2D eigenvalue weighted by Crippen LogP contribution is 2.32. The largest absolute Gasteiger partial charge is 0.497 e. The Bertz CT molecular complexity index is 1490. The molecule has 0 aliphatic rings. The zero-order valence-electron chi connectivity index (χ0n) is 21.2. The van der Waals surface area contributed by atoms with Gasteiger partial charge < -0.3 is 14.8 Å². The van der Waals surface area contributed by atoms with Crippen LogP contribution in [-0.4, -0.2) is 48.6 Å². The standard InChI is InChI=1S/C27H28N4O5S2/c1-4-24(26(32)28-22-16-15-20(35-2)17-23(22)36-3)37-27-30-29-25(31(27)19-11-7-5-8-12-19)18-38(33,34)21-13-9-6-10-14-21/h5-17,24H,4,18H2,1-3H3,(H,28,32). The van der Waals surface area contributed by atoms with Crippen molar-refractivity contribution in [2.24, 2.45) is 0 Å². The Balaban J connectivity index is 1.63. The van der Waals surface area contributed by atoms with Crippen LogP contribution in [-0.2, 0) is 20.4 Å². The second kappa shape index (κ2) is 12.1. The molecule has 0 radical (unpaired) electrons. The lowest BCUT2D eigenvalue weighted by Gasteiger charge is -2.17. The number of anilines is 1. The molecule has 4 aromatic rings. The molecule has 0 spiro atoms. The molecule has 1 atom stereocenters. The maximum Gasteiger partial charge on any atom is 0.238 e. The average Bonchev–Trinajstić information content (AvgIpc) is 3.33. The van der Waals surface area contributed by atoms with Crippen molar-refractivity contribution in [1.29, 1.82) is 0 Å². The number of nitrogens with one attached hydrogen (secondary N) is 1. The smallest absolute Gasteiger partial charge is 0.238 e. The Labute approximate surface area is 226 Å². The van der Waals surface area contributed by atoms with Crippen molar-refractivity contribution in [3.8, 4) is 17.2 Å². The van der Waals surface area contributed by atoms with Gasteiger partial charge in [0.25, 0.3) is 0 Å². The number of aromatic nitrogens is 3. The van der Waals surface area contributed by atoms with E-state index in [9.17, 15) is 13.2 Å². The number of nitrogens with zero attached hydrogens (tertiary/aromatic N) is 3. The first-order valence-corrected chi connectivity index (χ1v) is 14.4. The predicted octanol–water partition coefficient (Wildman–Crippen LogP) is 4.77. The summed E-state index contributed by atoms with van der Waals surface area (Å²) >= 11 is 1.22. The Hall–Kier alpha value is -3.83. The number of benzene rings is 3. The molecule has 198 valence electrons. The van der Waals surface area contributed by atoms with Crippen LogP contribution in [0.4, 0.5) is 5.69 Å². The highest BCUT2D eigenvalue weighted by Gasteiger charge is 2.26. The number of ether oxygens (including phenoxy) is 2. The normalized spacial score (nSPS) is 12.1. The van der Waals surface area contributed by atoms with Gasteiger partial charge in [-0.2, -0.15) is 0 Å². The Morgan fingerprint density at radius 3 is 2.29 bits per heavy atom. The zero-order chi connectivity index (χ0) is 27.1. The molecule has 0 saturated carbocycles. The molecule has 0 fully saturated rings. The molecular weight excluding hydrogens is 524 g/mol. The zero-order valence-corrected chi connectivity index (χ0v) is 22.8. The minimum Gasteiger partial charge on any atom is -0.497 e. The Morgan fingerprint density at radius 2 is 1.66 bits per heavy atom. The van der Waals surface area contributed by atoms with Crippen LogP contribution < -0.4 is 14.8 Å². The maximum absolute atomic E-state index is 13.3. The van der Waals surface area contributed by atoms with Gasteiger partial charge in [-0.3, -0.25) is 9.36 Å². The van der Waals surface area contributed by atoms with Crippen LogP contribution in [0.3, 0.4) is 0 Å². The number of methoxy groups -OCH3 is 2. The minimum atomic E-state index is -3.67. The number of amides is 1. The quantitative estimate of drug-likeness (QED) is 0.265. The van der Waals surface area contributed by atoms with E-state index in [-0.39, 0.29) is 22.4 Å². The van der Waals surface area contributed by atoms with Gasteiger partial charge in [0.05, 0.1) is 30.1 Å². The van der Waals surface area contributed by atoms with E-state index < -0.39 is 15.1 Å². The first kappa shape index (κ1) is 27.2. The number of para-hydroxylation sites is 1. The van der Waals surface area contributed by atoms with Crippen LogP contribution in [0.5, 0.6) is 11.5 Å². The van der Waals surface area contributed by atoms with Crippen molar-refractivity contribution in [2.75, 3.05) is 19.5 Å². The van der Waals surface area contributed by atoms with Crippen LogP contribution in [0.15, 0.2) is 88.9 Å². The topological polar surface area (TPSA) is 112 Å². The second-order valence-electron chi connectivity index (χ2n) is 8.21. The molecule has 1 heterocycles. The van der Waals surface area contributed by atoms with Gasteiger partial charge in [-0.05, 0) is 42.8 Å². The summed E-state index contributed by atoms with van der Waals surface area (Å²) in [4.78, 5) is 13.5. The van der Waals surface area contributed by atoms with Gasteiger partial charge in [-0.25, -0.2) is 8.42 Å². The number of hydrogen-bond donors (Lipinski definition) is 1. The van der Waals surface area contributed by atoms with Crippen molar-refractivity contribution < 1.29 is 22.7 Å². The summed E-state index contributed by atoms with van der Waals surface area (Å²) in [6.07, 6.45) is 0.494. The number of carbonyl (C=O) groups excluding carboxylic acids is 1. The van der Waals surface area contributed by atoms with E-state index in [2.05, 4.69) is 15.5 Å². The molecular formula is C27H28N4O5S2. The monoisotopic (exact) mass is 552 g/mol. The lowest BCUT2D eigenvalue weighted by Crippen LogP contribution is -2.25. The van der Waals surface area contributed by atoms with E-state index in [4.69, 9.17) is 9.47 Å². The number of thioether (sulfide) groups is 1. The molecule has 11 heteroatoms. The van der Waals surface area contributed by atoms with Gasteiger partial charge in [-0.15, -0.1) is 10.2 Å². The third kappa shape index (κ3) is 6.17. The molecule has 0 aliphatic heterocycles. The Kier molecular flexibility index (Phi) is 8.70. The summed E-state index contributed by atoms with van der Waals surface area (Å²) in [5.41, 5.74) is 1.21. The molecule has 1 N–H and O–H groups in total. The first-order valence-electron chi connectivity index (χ1n) is 11.8. The van der Waals surface area contributed by atoms with Crippen LogP contribution in [0.2, 0.25) is 0 Å². The summed E-state index contributed by atoms with van der Waals surface area (Å²) in [7, 11) is -0.599. The van der Waals surface area contributed by atoms with Crippen molar-refractivity contribution in [3.05, 3.63) is 84.7 Å². The third-order valence-corrected chi connectivity index (χ3v) is 8.65. The summed E-state index contributed by atoms with van der Waals surface area (Å²) < 4.78 is 38.6. The van der Waals surface area contributed by atoms with Gasteiger partial charge >= 0.3 is 0 Å². The van der Waals surface area contributed by atoms with Gasteiger partial charge in [0.15, 0.2) is 20.8 Å². The maximum atomic E-state index is 13.3. The lowest BCUT2D eigenvalue weighted by molar-refractivity contribution is -0.115. The molecule has 3 aromatic carbocycles. The van der Waals surface area contributed by atoms with Crippen molar-refractivity contribution >= 4 is 33.2 Å².